The molecule has 0 aromatic carbocycles. The van der Waals surface area contributed by atoms with Crippen LogP contribution >= 0.6 is 0 Å². The molecule has 38 heavy (non-hydrogen) atoms. The van der Waals surface area contributed by atoms with E-state index in [0.717, 1.165) is 19.6 Å². The summed E-state index contributed by atoms with van der Waals surface area (Å²) in [6.07, 6.45) is 0.911. The predicted octanol–water partition coefficient (Wildman–Crippen LogP) is 1.47. The zero-order valence-electron chi connectivity index (χ0n) is 25.8. The van der Waals surface area contributed by atoms with Gasteiger partial charge in [0.2, 0.25) is 0 Å². The Morgan fingerprint density at radius 2 is 1.34 bits per heavy atom. The maximum absolute atomic E-state index is 12.6. The minimum absolute atomic E-state index is 0.00334. The van der Waals surface area contributed by atoms with Gasteiger partial charge in [-0.2, -0.15) is 0 Å². The van der Waals surface area contributed by atoms with Gasteiger partial charge >= 0.3 is 168 Å². The van der Waals surface area contributed by atoms with Crippen molar-refractivity contribution in [1.29, 1.82) is 0 Å². The molecule has 0 unspecified atom stereocenters. The number of amides is 1. The molecule has 0 aliphatic heterocycles. The summed E-state index contributed by atoms with van der Waals surface area (Å²) in [4.78, 5) is 43.3. The van der Waals surface area contributed by atoms with Crippen molar-refractivity contribution in [2.75, 3.05) is 93.3 Å². The Balaban J connectivity index is 4.34. The number of hydrogen-bond donors (Lipinski definition) is 2. The van der Waals surface area contributed by atoms with Gasteiger partial charge < -0.3 is 10.1 Å². The first-order valence-electron chi connectivity index (χ1n) is 14.0. The number of carbonyl (C=O) groups is 3. The molecule has 9 nitrogen and oxygen atoms in total. The number of nitrogens with one attached hydrogen (secondary N) is 2. The third-order valence-electron chi connectivity index (χ3n) is 6.43. The minimum atomic E-state index is -0.155. The molecule has 0 saturated carbocycles. The van der Waals surface area contributed by atoms with Gasteiger partial charge in [0.1, 0.15) is 0 Å². The molecular weight excluding hydrogens is 540 g/mol. The van der Waals surface area contributed by atoms with E-state index in [0.29, 0.717) is 65.3 Å². The molecule has 2 radical (unpaired) electrons. The molecule has 0 fully saturated rings. The van der Waals surface area contributed by atoms with Gasteiger partial charge in [-0.25, -0.2) is 0 Å². The van der Waals surface area contributed by atoms with E-state index < -0.39 is 0 Å². The molecule has 2 N–H and O–H groups in total. The van der Waals surface area contributed by atoms with E-state index in [1.54, 1.807) is 0 Å². The minimum Gasteiger partial charge on any atom is -0.380 e. The number of hydrogen-bond acceptors (Lipinski definition) is 8. The number of nitrogens with zero attached hydrogens (tertiary/aromatic N) is 3. The van der Waals surface area contributed by atoms with Gasteiger partial charge in [0.05, 0.1) is 13.2 Å². The summed E-state index contributed by atoms with van der Waals surface area (Å²) in [6.45, 7) is 19.5. The van der Waals surface area contributed by atoms with E-state index in [-0.39, 0.29) is 32.8 Å². The molecule has 0 rings (SSSR count). The van der Waals surface area contributed by atoms with Crippen LogP contribution in [0, 0.1) is 10.8 Å². The molecule has 0 bridgehead atoms. The summed E-state index contributed by atoms with van der Waals surface area (Å²) in [7, 11) is 5.81. The first-order valence-corrected chi connectivity index (χ1v) is 15.4. The maximum atomic E-state index is 12.6. The fraction of sp³-hybridized carbons (Fsp3) is 0.893. The van der Waals surface area contributed by atoms with Crippen LogP contribution in [0.3, 0.4) is 0 Å². The van der Waals surface area contributed by atoms with Crippen molar-refractivity contribution in [2.45, 2.75) is 58.9 Å². The van der Waals surface area contributed by atoms with Gasteiger partial charge in [0.25, 0.3) is 0 Å². The summed E-state index contributed by atoms with van der Waals surface area (Å²) in [5, 5.41) is 6.26. The molecule has 0 saturated heterocycles. The second kappa shape index (κ2) is 19.3. The van der Waals surface area contributed by atoms with Gasteiger partial charge in [0, 0.05) is 17.4 Å². The van der Waals surface area contributed by atoms with Crippen LogP contribution in [0.4, 0.5) is 0 Å². The Bertz CT molecular complexity index is 705. The van der Waals surface area contributed by atoms with Crippen LogP contribution in [0.25, 0.3) is 0 Å². The Morgan fingerprint density at radius 1 is 0.816 bits per heavy atom. The normalized spacial score (nSPS) is 13.4. The van der Waals surface area contributed by atoms with E-state index in [1.807, 2.05) is 44.8 Å². The third kappa shape index (κ3) is 19.3. The topological polar surface area (TPSA) is 94.2 Å². The molecule has 0 aromatic rings. The smallest absolute Gasteiger partial charge is 0.380 e. The van der Waals surface area contributed by atoms with Crippen molar-refractivity contribution in [3.63, 3.8) is 0 Å². The van der Waals surface area contributed by atoms with Crippen LogP contribution in [0.2, 0.25) is 4.47 Å². The number of ether oxygens (including phenoxy) is 1. The van der Waals surface area contributed by atoms with Crippen molar-refractivity contribution >= 4 is 36.1 Å². The summed E-state index contributed by atoms with van der Waals surface area (Å²) < 4.78 is 6.07. The number of likely N-dealkylation sites (N-methyl/N-ethyl adjacent to an activating group) is 3. The van der Waals surface area contributed by atoms with E-state index in [4.69, 9.17) is 4.74 Å². The molecule has 0 aliphatic carbocycles. The fourth-order valence-corrected chi connectivity index (χ4v) is 5.12. The first-order chi connectivity index (χ1) is 17.6. The van der Waals surface area contributed by atoms with Gasteiger partial charge in [-0.1, -0.05) is 27.7 Å². The number of ketones is 2. The zero-order chi connectivity index (χ0) is 29.4. The van der Waals surface area contributed by atoms with Gasteiger partial charge in [-0.15, -0.1) is 0 Å². The van der Waals surface area contributed by atoms with Crippen molar-refractivity contribution in [1.82, 2.24) is 25.3 Å². The fourth-order valence-electron chi connectivity index (χ4n) is 4.02. The van der Waals surface area contributed by atoms with Crippen LogP contribution in [-0.4, -0.2) is 144 Å². The molecule has 0 aromatic heterocycles. The average Bonchev–Trinajstić information content (AvgIpc) is 2.79. The second-order valence-electron chi connectivity index (χ2n) is 12.3. The average molecular weight is 597 g/mol. The molecule has 1 atom stereocenters. The predicted molar refractivity (Wildman–Crippen MR) is 157 cm³/mol. The van der Waals surface area contributed by atoms with E-state index in [9.17, 15) is 14.4 Å². The van der Waals surface area contributed by atoms with Crippen LogP contribution in [0.15, 0.2) is 0 Å². The standard InChI is InChI=1S/C28H56N5O4.Ga/c1-10-31(8)17-24(34)13-12-14-25(35)18-32(9)15-16-33(11-2)19-26(36)30-21-28(5,6)23-37-22-27(3,4)20-29-7;/h12,29H,10-11,13-23H2,1-9H3,(H,30,36);. The van der Waals surface area contributed by atoms with Crippen molar-refractivity contribution in [2.24, 2.45) is 10.8 Å². The molecule has 10 heteroatoms. The Kier molecular flexibility index (Phi) is 19.0. The van der Waals surface area contributed by atoms with Crippen molar-refractivity contribution < 1.29 is 19.1 Å². The summed E-state index contributed by atoms with van der Waals surface area (Å²) in [5.41, 5.74) is -0.0882. The van der Waals surface area contributed by atoms with E-state index in [2.05, 4.69) is 43.2 Å². The molecular formula is C28H56GaN5O4. The monoisotopic (exact) mass is 595 g/mol. The SMILES string of the molecule is CCN(C)CC(=O)C[C@H]([Ga])CC(=O)CN(C)CCN(CC)CC(=O)NCC(C)(C)COCC(C)(C)CNC. The van der Waals surface area contributed by atoms with Crippen LogP contribution in [0.5, 0.6) is 0 Å². The molecule has 220 valence electrons. The van der Waals surface area contributed by atoms with E-state index in [1.165, 1.54) is 18.6 Å². The summed E-state index contributed by atoms with van der Waals surface area (Å²) in [5.74, 6) is 0.368. The number of Topliss-reactive ketones (excluding diaryl/α,β-unsaturated/α-hetero) is 2. The Hall–Kier alpha value is -0.754. The van der Waals surface area contributed by atoms with Gasteiger partial charge in [-0.3, -0.25) is 0 Å². The number of rotatable bonds is 23. The van der Waals surface area contributed by atoms with Crippen LogP contribution in [-0.2, 0) is 19.1 Å². The van der Waals surface area contributed by atoms with Crippen LogP contribution < -0.4 is 10.6 Å². The van der Waals surface area contributed by atoms with Crippen LogP contribution in [0.1, 0.15) is 54.4 Å². The van der Waals surface area contributed by atoms with Gasteiger partial charge in [-0.05, 0) is 7.05 Å². The van der Waals surface area contributed by atoms with Crippen molar-refractivity contribution in [3.8, 4) is 0 Å². The van der Waals surface area contributed by atoms with Crippen molar-refractivity contribution in [3.05, 3.63) is 0 Å². The quantitative estimate of drug-likeness (QED) is 0.172. The molecule has 0 spiro atoms. The molecule has 1 amide bonds. The molecule has 0 aliphatic rings. The zero-order valence-corrected chi connectivity index (χ0v) is 28.2. The third-order valence-corrected chi connectivity index (χ3v) is 7.42. The van der Waals surface area contributed by atoms with Gasteiger partial charge in [0.15, 0.2) is 0 Å². The summed E-state index contributed by atoms with van der Waals surface area (Å²) >= 11 is 1.46. The number of carbonyl (C=O) groups excluding carboxylic acids is 3. The Morgan fingerprint density at radius 3 is 1.84 bits per heavy atom. The Labute approximate surface area is 243 Å². The second-order valence-corrected chi connectivity index (χ2v) is 14.3. The summed E-state index contributed by atoms with van der Waals surface area (Å²) in [6, 6.07) is 0. The molecule has 0 heterocycles. The first kappa shape index (κ1) is 37.2. The van der Waals surface area contributed by atoms with E-state index >= 15 is 0 Å².